The van der Waals surface area contributed by atoms with Gasteiger partial charge in [-0.3, -0.25) is 0 Å². The fraction of sp³-hybridized carbons (Fsp3) is 0.455. The Bertz CT molecular complexity index is 312. The van der Waals surface area contributed by atoms with Crippen LogP contribution in [0.2, 0.25) is 0 Å². The van der Waals surface area contributed by atoms with Gasteiger partial charge in [-0.25, -0.2) is 0 Å². The van der Waals surface area contributed by atoms with Crippen molar-refractivity contribution in [1.82, 2.24) is 0 Å². The van der Waals surface area contributed by atoms with Crippen molar-refractivity contribution in [3.05, 3.63) is 12.1 Å². The van der Waals surface area contributed by atoms with E-state index in [9.17, 15) is 0 Å². The highest BCUT2D eigenvalue weighted by Crippen LogP contribution is 2.40. The Labute approximate surface area is 90.4 Å². The van der Waals surface area contributed by atoms with Gasteiger partial charge in [-0.2, -0.15) is 0 Å². The molecule has 0 N–H and O–H groups in total. The van der Waals surface area contributed by atoms with Crippen LogP contribution in [0.1, 0.15) is 0 Å². The molecule has 0 aromatic heterocycles. The van der Waals surface area contributed by atoms with Crippen molar-refractivity contribution in [2.75, 3.05) is 40.3 Å². The van der Waals surface area contributed by atoms with Gasteiger partial charge in [-0.1, -0.05) is 0 Å². The molecule has 0 saturated heterocycles. The number of hydrogen-bond donors (Lipinski definition) is 0. The zero-order valence-corrected chi connectivity index (χ0v) is 9.83. The second-order valence-corrected chi connectivity index (χ2v) is 3.27. The first-order valence-electron chi connectivity index (χ1n) is 4.61. The van der Waals surface area contributed by atoms with Crippen molar-refractivity contribution < 1.29 is 14.2 Å². The molecule has 84 valence electrons. The number of ether oxygens (including phenoxy) is 3. The maximum absolute atomic E-state index is 5.29. The second-order valence-electron chi connectivity index (χ2n) is 3.27. The molecule has 1 aromatic carbocycles. The van der Waals surface area contributed by atoms with Crippen LogP contribution in [0, 0.1) is 0 Å². The lowest BCUT2D eigenvalue weighted by Crippen LogP contribution is -2.11. The van der Waals surface area contributed by atoms with Crippen molar-refractivity contribution in [1.29, 1.82) is 0 Å². The number of hydrogen-bond acceptors (Lipinski definition) is 4. The van der Waals surface area contributed by atoms with Crippen LogP contribution in [-0.4, -0.2) is 35.4 Å². The molecule has 0 aliphatic carbocycles. The van der Waals surface area contributed by atoms with Crippen molar-refractivity contribution in [3.8, 4) is 17.2 Å². The van der Waals surface area contributed by atoms with Crippen LogP contribution in [0.15, 0.2) is 12.1 Å². The first-order valence-corrected chi connectivity index (χ1v) is 4.61. The lowest BCUT2D eigenvalue weighted by Gasteiger charge is -2.20. The van der Waals surface area contributed by atoms with Crippen LogP contribution in [0.3, 0.4) is 0 Å². The molecule has 0 unspecified atom stereocenters. The monoisotopic (exact) mass is 211 g/mol. The highest BCUT2D eigenvalue weighted by Gasteiger charge is 2.14. The van der Waals surface area contributed by atoms with Gasteiger partial charge in [0.15, 0.2) is 0 Å². The average molecular weight is 211 g/mol. The van der Waals surface area contributed by atoms with Gasteiger partial charge in [-0.15, -0.1) is 0 Å². The van der Waals surface area contributed by atoms with Gasteiger partial charge in [0.1, 0.15) is 22.9 Å². The summed E-state index contributed by atoms with van der Waals surface area (Å²) in [5.41, 5.74) is 0.904. The highest BCUT2D eigenvalue weighted by molar-refractivity contribution is 5.69. The summed E-state index contributed by atoms with van der Waals surface area (Å²) in [5, 5.41) is 0. The molecule has 0 radical (unpaired) electrons. The molecule has 0 atom stereocenters. The van der Waals surface area contributed by atoms with E-state index in [-0.39, 0.29) is 0 Å². The SMILES string of the molecule is COc1cc(OC)c(N(C)C)c(OC)c1. The molecule has 0 amide bonds. The molecule has 0 saturated carbocycles. The fourth-order valence-electron chi connectivity index (χ4n) is 1.43. The van der Waals surface area contributed by atoms with Crippen LogP contribution >= 0.6 is 0 Å². The zero-order chi connectivity index (χ0) is 11.4. The van der Waals surface area contributed by atoms with Crippen LogP contribution < -0.4 is 19.1 Å². The number of rotatable bonds is 4. The third kappa shape index (κ3) is 2.26. The summed E-state index contributed by atoms with van der Waals surface area (Å²) < 4.78 is 15.7. The molecule has 1 aromatic rings. The predicted octanol–water partition coefficient (Wildman–Crippen LogP) is 1.78. The Balaban J connectivity index is 3.32. The molecule has 0 bridgehead atoms. The van der Waals surface area contributed by atoms with Crippen molar-refractivity contribution >= 4 is 5.69 Å². The molecule has 0 aliphatic rings. The van der Waals surface area contributed by atoms with Gasteiger partial charge >= 0.3 is 0 Å². The van der Waals surface area contributed by atoms with E-state index in [1.165, 1.54) is 0 Å². The molecule has 1 rings (SSSR count). The molecule has 0 heterocycles. The number of benzene rings is 1. The molecule has 0 spiro atoms. The molecule has 0 fully saturated rings. The summed E-state index contributed by atoms with van der Waals surface area (Å²) in [6.07, 6.45) is 0. The third-order valence-electron chi connectivity index (χ3n) is 2.14. The number of nitrogens with zero attached hydrogens (tertiary/aromatic N) is 1. The summed E-state index contributed by atoms with van der Waals surface area (Å²) in [4.78, 5) is 1.94. The topological polar surface area (TPSA) is 30.9 Å². The minimum Gasteiger partial charge on any atom is -0.496 e. The molecule has 0 aliphatic heterocycles. The predicted molar refractivity (Wildman–Crippen MR) is 60.4 cm³/mol. The standard InChI is InChI=1S/C11H17NO3/c1-12(2)11-9(14-4)6-8(13-3)7-10(11)15-5/h6-7H,1-5H3. The molecule has 4 heteroatoms. The molecule has 15 heavy (non-hydrogen) atoms. The third-order valence-corrected chi connectivity index (χ3v) is 2.14. The summed E-state index contributed by atoms with van der Waals surface area (Å²) in [7, 11) is 8.74. The summed E-state index contributed by atoms with van der Waals surface area (Å²) in [6, 6.07) is 3.66. The maximum Gasteiger partial charge on any atom is 0.149 e. The van der Waals surface area contributed by atoms with Crippen molar-refractivity contribution in [2.24, 2.45) is 0 Å². The fourth-order valence-corrected chi connectivity index (χ4v) is 1.43. The van der Waals surface area contributed by atoms with E-state index in [4.69, 9.17) is 14.2 Å². The summed E-state index contributed by atoms with van der Waals surface area (Å²) in [5.74, 6) is 2.18. The van der Waals surface area contributed by atoms with E-state index < -0.39 is 0 Å². The van der Waals surface area contributed by atoms with Gasteiger partial charge in [-0.05, 0) is 0 Å². The van der Waals surface area contributed by atoms with E-state index in [2.05, 4.69) is 0 Å². The van der Waals surface area contributed by atoms with E-state index >= 15 is 0 Å². The van der Waals surface area contributed by atoms with Crippen LogP contribution in [-0.2, 0) is 0 Å². The van der Waals surface area contributed by atoms with Gasteiger partial charge in [0, 0.05) is 26.2 Å². The van der Waals surface area contributed by atoms with Crippen LogP contribution in [0.25, 0.3) is 0 Å². The van der Waals surface area contributed by atoms with Crippen molar-refractivity contribution in [2.45, 2.75) is 0 Å². The Morgan fingerprint density at radius 2 is 1.33 bits per heavy atom. The first kappa shape index (κ1) is 11.5. The summed E-state index contributed by atoms with van der Waals surface area (Å²) in [6.45, 7) is 0. The van der Waals surface area contributed by atoms with E-state index in [0.717, 1.165) is 17.2 Å². The first-order chi connectivity index (χ1) is 7.13. The average Bonchev–Trinajstić information content (AvgIpc) is 2.26. The Morgan fingerprint density at radius 1 is 0.867 bits per heavy atom. The lowest BCUT2D eigenvalue weighted by molar-refractivity contribution is 0.376. The molecule has 4 nitrogen and oxygen atoms in total. The normalized spacial score (nSPS) is 9.67. The van der Waals surface area contributed by atoms with E-state index in [1.54, 1.807) is 21.3 Å². The van der Waals surface area contributed by atoms with Gasteiger partial charge in [0.25, 0.3) is 0 Å². The number of anilines is 1. The summed E-state index contributed by atoms with van der Waals surface area (Å²) >= 11 is 0. The van der Waals surface area contributed by atoms with Crippen LogP contribution in [0.5, 0.6) is 17.2 Å². The Hall–Kier alpha value is -1.58. The zero-order valence-electron chi connectivity index (χ0n) is 9.83. The van der Waals surface area contributed by atoms with Crippen molar-refractivity contribution in [3.63, 3.8) is 0 Å². The molecular formula is C11H17NO3. The van der Waals surface area contributed by atoms with Gasteiger partial charge in [0.2, 0.25) is 0 Å². The van der Waals surface area contributed by atoms with Crippen LogP contribution in [0.4, 0.5) is 5.69 Å². The van der Waals surface area contributed by atoms with E-state index in [0.29, 0.717) is 5.75 Å². The Morgan fingerprint density at radius 3 is 1.60 bits per heavy atom. The highest BCUT2D eigenvalue weighted by atomic mass is 16.5. The maximum atomic E-state index is 5.29. The minimum absolute atomic E-state index is 0.717. The number of methoxy groups -OCH3 is 3. The second kappa shape index (κ2) is 4.77. The quantitative estimate of drug-likeness (QED) is 0.759. The van der Waals surface area contributed by atoms with Gasteiger partial charge in [0.05, 0.1) is 21.3 Å². The van der Waals surface area contributed by atoms with E-state index in [1.807, 2.05) is 31.1 Å². The minimum atomic E-state index is 0.717. The lowest BCUT2D eigenvalue weighted by atomic mass is 10.2. The largest absolute Gasteiger partial charge is 0.496 e. The molecular weight excluding hydrogens is 194 g/mol. The smallest absolute Gasteiger partial charge is 0.149 e. The van der Waals surface area contributed by atoms with Gasteiger partial charge < -0.3 is 19.1 Å². The Kier molecular flexibility index (Phi) is 3.66.